The highest BCUT2D eigenvalue weighted by atomic mass is 32.1. The molecule has 2 aromatic rings. The number of methoxy groups -OCH3 is 2. The molecule has 180 valence electrons. The number of amides is 1. The number of carbonyl (C=O) groups is 1. The molecule has 2 aliphatic rings. The number of fused-ring (bicyclic) bond motifs is 1. The molecule has 0 aliphatic carbocycles. The van der Waals surface area contributed by atoms with Gasteiger partial charge in [-0.15, -0.1) is 0 Å². The summed E-state index contributed by atoms with van der Waals surface area (Å²) in [5.41, 5.74) is 4.36. The number of piperidine rings is 1. The van der Waals surface area contributed by atoms with Crippen molar-refractivity contribution in [1.29, 1.82) is 0 Å². The van der Waals surface area contributed by atoms with Crippen LogP contribution in [0.5, 0.6) is 11.5 Å². The molecule has 0 aromatic heterocycles. The number of aryl methyl sites for hydroxylation is 1. The zero-order valence-corrected chi connectivity index (χ0v) is 20.9. The zero-order chi connectivity index (χ0) is 23.6. The Morgan fingerprint density at radius 2 is 1.79 bits per heavy atom. The standard InChI is InChI=1S/C25H33N3O3.CH4S/c1-30-22-12-19(13-23(15-22)31-2)17-28-11-3-4-20-14-21(5-6-24(20)28)25(29)27-16-18-7-9-26-10-8-18;1-2/h5-6,12-15,18,26H,3-4,7-11,16-17H2,1-2H3,(H,27,29);2H,1H3. The molecule has 2 aliphatic heterocycles. The highest BCUT2D eigenvalue weighted by Crippen LogP contribution is 2.31. The van der Waals surface area contributed by atoms with E-state index in [1.807, 2.05) is 12.1 Å². The summed E-state index contributed by atoms with van der Waals surface area (Å²) in [7, 11) is 3.35. The highest BCUT2D eigenvalue weighted by Gasteiger charge is 2.20. The largest absolute Gasteiger partial charge is 0.497 e. The van der Waals surface area contributed by atoms with Gasteiger partial charge in [0, 0.05) is 37.0 Å². The zero-order valence-electron chi connectivity index (χ0n) is 20.0. The summed E-state index contributed by atoms with van der Waals surface area (Å²) in [6.07, 6.45) is 6.04. The third kappa shape index (κ3) is 6.81. The number of nitrogens with one attached hydrogen (secondary N) is 2. The maximum Gasteiger partial charge on any atom is 0.251 e. The number of ether oxygens (including phenoxy) is 2. The van der Waals surface area contributed by atoms with E-state index < -0.39 is 0 Å². The van der Waals surface area contributed by atoms with E-state index in [2.05, 4.69) is 52.4 Å². The van der Waals surface area contributed by atoms with Crippen molar-refractivity contribution in [3.05, 3.63) is 53.1 Å². The molecule has 6 nitrogen and oxygen atoms in total. The smallest absolute Gasteiger partial charge is 0.251 e. The van der Waals surface area contributed by atoms with Crippen molar-refractivity contribution in [2.75, 3.05) is 51.6 Å². The lowest BCUT2D eigenvalue weighted by Gasteiger charge is -2.32. The fraction of sp³-hybridized carbons (Fsp3) is 0.500. The first-order valence-corrected chi connectivity index (χ1v) is 12.6. The fourth-order valence-electron chi connectivity index (χ4n) is 4.58. The van der Waals surface area contributed by atoms with Crippen molar-refractivity contribution < 1.29 is 14.3 Å². The minimum absolute atomic E-state index is 0.0380. The van der Waals surface area contributed by atoms with E-state index in [-0.39, 0.29) is 5.91 Å². The van der Waals surface area contributed by atoms with E-state index in [4.69, 9.17) is 9.47 Å². The molecule has 0 unspecified atom stereocenters. The Morgan fingerprint density at radius 3 is 2.45 bits per heavy atom. The molecule has 7 heteroatoms. The van der Waals surface area contributed by atoms with Gasteiger partial charge in [-0.1, -0.05) is 0 Å². The molecule has 0 spiro atoms. The Kier molecular flexibility index (Phi) is 9.76. The van der Waals surface area contributed by atoms with Gasteiger partial charge in [-0.3, -0.25) is 4.79 Å². The maximum atomic E-state index is 12.7. The molecule has 0 radical (unpaired) electrons. The van der Waals surface area contributed by atoms with Crippen molar-refractivity contribution in [2.24, 2.45) is 5.92 Å². The van der Waals surface area contributed by atoms with Crippen molar-refractivity contribution in [2.45, 2.75) is 32.2 Å². The molecule has 2 heterocycles. The molecule has 33 heavy (non-hydrogen) atoms. The third-order valence-electron chi connectivity index (χ3n) is 6.35. The Balaban J connectivity index is 0.00000149. The normalized spacial score (nSPS) is 15.7. The number of anilines is 1. The van der Waals surface area contributed by atoms with Gasteiger partial charge in [0.1, 0.15) is 11.5 Å². The second-order valence-electron chi connectivity index (χ2n) is 8.49. The van der Waals surface area contributed by atoms with Gasteiger partial charge < -0.3 is 25.0 Å². The summed E-state index contributed by atoms with van der Waals surface area (Å²) in [5.74, 6) is 2.22. The van der Waals surface area contributed by atoms with Crippen LogP contribution in [-0.4, -0.2) is 52.6 Å². The topological polar surface area (TPSA) is 62.8 Å². The number of carbonyl (C=O) groups excluding carboxylic acids is 1. The monoisotopic (exact) mass is 471 g/mol. The van der Waals surface area contributed by atoms with Crippen LogP contribution < -0.4 is 25.0 Å². The van der Waals surface area contributed by atoms with Gasteiger partial charge in [-0.25, -0.2) is 0 Å². The van der Waals surface area contributed by atoms with E-state index in [0.717, 1.165) is 81.0 Å². The van der Waals surface area contributed by atoms with Crippen molar-refractivity contribution >= 4 is 24.2 Å². The molecule has 2 N–H and O–H groups in total. The summed E-state index contributed by atoms with van der Waals surface area (Å²) in [6.45, 7) is 4.64. The van der Waals surface area contributed by atoms with Crippen LogP contribution in [0, 0.1) is 5.92 Å². The minimum atomic E-state index is 0.0380. The molecule has 0 bridgehead atoms. The lowest BCUT2D eigenvalue weighted by atomic mass is 9.97. The van der Waals surface area contributed by atoms with E-state index >= 15 is 0 Å². The molecule has 1 saturated heterocycles. The summed E-state index contributed by atoms with van der Waals surface area (Å²) < 4.78 is 10.8. The first-order valence-electron chi connectivity index (χ1n) is 11.7. The third-order valence-corrected chi connectivity index (χ3v) is 6.35. The van der Waals surface area contributed by atoms with Crippen molar-refractivity contribution in [1.82, 2.24) is 10.6 Å². The lowest BCUT2D eigenvalue weighted by molar-refractivity contribution is 0.0944. The second-order valence-corrected chi connectivity index (χ2v) is 8.49. The van der Waals surface area contributed by atoms with Crippen LogP contribution in [-0.2, 0) is 13.0 Å². The molecular weight excluding hydrogens is 434 g/mol. The van der Waals surface area contributed by atoms with Crippen LogP contribution in [0.15, 0.2) is 36.4 Å². The Bertz CT molecular complexity index is 893. The molecule has 1 fully saturated rings. The van der Waals surface area contributed by atoms with Crippen LogP contribution in [0.4, 0.5) is 5.69 Å². The number of hydrogen-bond donors (Lipinski definition) is 3. The van der Waals surface area contributed by atoms with Crippen LogP contribution in [0.2, 0.25) is 0 Å². The van der Waals surface area contributed by atoms with Crippen molar-refractivity contribution in [3.8, 4) is 11.5 Å². The van der Waals surface area contributed by atoms with E-state index in [1.165, 1.54) is 11.3 Å². The molecule has 1 amide bonds. The Morgan fingerprint density at radius 1 is 1.09 bits per heavy atom. The van der Waals surface area contributed by atoms with Crippen molar-refractivity contribution in [3.63, 3.8) is 0 Å². The van der Waals surface area contributed by atoms with Gasteiger partial charge in [0.2, 0.25) is 0 Å². The van der Waals surface area contributed by atoms with Gasteiger partial charge in [0.05, 0.1) is 14.2 Å². The Labute approximate surface area is 203 Å². The highest BCUT2D eigenvalue weighted by molar-refractivity contribution is 7.79. The fourth-order valence-corrected chi connectivity index (χ4v) is 4.58. The quantitative estimate of drug-likeness (QED) is 0.534. The Hall–Kier alpha value is -2.38. The van der Waals surface area contributed by atoms with Gasteiger partial charge in [-0.05, 0) is 92.4 Å². The molecule has 2 aromatic carbocycles. The minimum Gasteiger partial charge on any atom is -0.497 e. The number of rotatable bonds is 7. The van der Waals surface area contributed by atoms with Gasteiger partial charge >= 0.3 is 0 Å². The first-order chi connectivity index (χ1) is 16.2. The average molecular weight is 472 g/mol. The van der Waals surface area contributed by atoms with Crippen LogP contribution in [0.25, 0.3) is 0 Å². The summed E-state index contributed by atoms with van der Waals surface area (Å²) >= 11 is 3.53. The number of nitrogens with zero attached hydrogens (tertiary/aromatic N) is 1. The molecule has 0 atom stereocenters. The predicted molar refractivity (Wildman–Crippen MR) is 138 cm³/mol. The maximum absolute atomic E-state index is 12.7. The second kappa shape index (κ2) is 12.8. The number of thiol groups is 1. The SMILES string of the molecule is COc1cc(CN2CCCc3cc(C(=O)NCC4CCNCC4)ccc32)cc(OC)c1.CS. The summed E-state index contributed by atoms with van der Waals surface area (Å²) in [4.78, 5) is 15.1. The lowest BCUT2D eigenvalue weighted by Crippen LogP contribution is -2.36. The van der Waals surface area contributed by atoms with Gasteiger partial charge in [0.15, 0.2) is 0 Å². The van der Waals surface area contributed by atoms with E-state index in [9.17, 15) is 4.79 Å². The first kappa shape index (κ1) is 25.2. The molecular formula is C26H37N3O3S. The van der Waals surface area contributed by atoms with Gasteiger partial charge in [-0.2, -0.15) is 12.6 Å². The van der Waals surface area contributed by atoms with Gasteiger partial charge in [0.25, 0.3) is 5.91 Å². The average Bonchev–Trinajstić information content (AvgIpc) is 2.88. The van der Waals surface area contributed by atoms with Crippen LogP contribution >= 0.6 is 12.6 Å². The summed E-state index contributed by atoms with van der Waals surface area (Å²) in [5, 5.41) is 6.51. The van der Waals surface area contributed by atoms with E-state index in [0.29, 0.717) is 5.92 Å². The number of benzene rings is 2. The number of hydrogen-bond acceptors (Lipinski definition) is 6. The predicted octanol–water partition coefficient (Wildman–Crippen LogP) is 3.93. The summed E-state index contributed by atoms with van der Waals surface area (Å²) in [6, 6.07) is 12.1. The van der Waals surface area contributed by atoms with Crippen LogP contribution in [0.3, 0.4) is 0 Å². The molecule has 0 saturated carbocycles. The molecule has 4 rings (SSSR count). The van der Waals surface area contributed by atoms with E-state index in [1.54, 1.807) is 20.5 Å². The van der Waals surface area contributed by atoms with Crippen LogP contribution in [0.1, 0.15) is 40.7 Å².